The lowest BCUT2D eigenvalue weighted by Gasteiger charge is -2.31. The van der Waals surface area contributed by atoms with Crippen molar-refractivity contribution in [2.24, 2.45) is 5.92 Å². The zero-order valence-electron chi connectivity index (χ0n) is 14.2. The number of nitrogens with zero attached hydrogens (tertiary/aromatic N) is 6. The lowest BCUT2D eigenvalue weighted by atomic mass is 9.98. The Morgan fingerprint density at radius 3 is 2.96 bits per heavy atom. The van der Waals surface area contributed by atoms with Gasteiger partial charge in [0.1, 0.15) is 12.7 Å². The van der Waals surface area contributed by atoms with Gasteiger partial charge in [-0.2, -0.15) is 10.1 Å². The Kier molecular flexibility index (Phi) is 4.83. The molecule has 130 valence electrons. The third-order valence-electron chi connectivity index (χ3n) is 4.59. The molecule has 0 radical (unpaired) electrons. The van der Waals surface area contributed by atoms with E-state index in [2.05, 4.69) is 37.3 Å². The van der Waals surface area contributed by atoms with Gasteiger partial charge in [-0.3, -0.25) is 9.58 Å². The summed E-state index contributed by atoms with van der Waals surface area (Å²) in [5.74, 6) is 2.03. The average molecular weight is 338 g/mol. The minimum atomic E-state index is 0.585. The van der Waals surface area contributed by atoms with Gasteiger partial charge in [-0.1, -0.05) is 35.5 Å². The van der Waals surface area contributed by atoms with Crippen molar-refractivity contribution in [2.45, 2.75) is 32.4 Å². The summed E-state index contributed by atoms with van der Waals surface area (Å²) >= 11 is 0. The van der Waals surface area contributed by atoms with E-state index >= 15 is 0 Å². The molecule has 4 rings (SSSR count). The van der Waals surface area contributed by atoms with Crippen LogP contribution in [0.5, 0.6) is 0 Å². The molecule has 0 spiro atoms. The molecule has 1 aliphatic heterocycles. The molecular weight excluding hydrogens is 316 g/mol. The predicted molar refractivity (Wildman–Crippen MR) is 91.6 cm³/mol. The van der Waals surface area contributed by atoms with E-state index in [4.69, 9.17) is 4.52 Å². The Bertz CT molecular complexity index is 770. The Labute approximate surface area is 146 Å². The minimum absolute atomic E-state index is 0.585. The third kappa shape index (κ3) is 4.30. The summed E-state index contributed by atoms with van der Waals surface area (Å²) in [7, 11) is 0. The van der Waals surface area contributed by atoms with Gasteiger partial charge in [-0.15, -0.1) is 0 Å². The summed E-state index contributed by atoms with van der Waals surface area (Å²) < 4.78 is 7.37. The number of hydrogen-bond donors (Lipinski definition) is 0. The average Bonchev–Trinajstić information content (AvgIpc) is 3.29. The number of likely N-dealkylation sites (tertiary alicyclic amines) is 1. The summed E-state index contributed by atoms with van der Waals surface area (Å²) in [5.41, 5.74) is 1.20. The Morgan fingerprint density at radius 2 is 2.12 bits per heavy atom. The summed E-state index contributed by atoms with van der Waals surface area (Å²) in [4.78, 5) is 11.0. The van der Waals surface area contributed by atoms with Gasteiger partial charge < -0.3 is 4.52 Å². The first-order chi connectivity index (χ1) is 12.3. The predicted octanol–water partition coefficient (Wildman–Crippen LogP) is 2.16. The van der Waals surface area contributed by atoms with Crippen molar-refractivity contribution in [2.75, 3.05) is 13.1 Å². The maximum atomic E-state index is 5.45. The fourth-order valence-corrected chi connectivity index (χ4v) is 3.43. The Balaban J connectivity index is 1.32. The second-order valence-electron chi connectivity index (χ2n) is 6.63. The van der Waals surface area contributed by atoms with Crippen LogP contribution in [0.3, 0.4) is 0 Å². The van der Waals surface area contributed by atoms with Gasteiger partial charge in [0.15, 0.2) is 5.82 Å². The normalized spacial score (nSPS) is 18.5. The van der Waals surface area contributed by atoms with Crippen molar-refractivity contribution in [1.29, 1.82) is 0 Å². The van der Waals surface area contributed by atoms with Crippen molar-refractivity contribution in [3.05, 3.63) is 60.3 Å². The molecule has 2 aromatic heterocycles. The summed E-state index contributed by atoms with van der Waals surface area (Å²) in [6.07, 6.45) is 6.49. The van der Waals surface area contributed by atoms with E-state index in [-0.39, 0.29) is 0 Å². The monoisotopic (exact) mass is 338 g/mol. The van der Waals surface area contributed by atoms with Crippen LogP contribution in [0.4, 0.5) is 0 Å². The van der Waals surface area contributed by atoms with Crippen molar-refractivity contribution in [3.8, 4) is 0 Å². The number of benzene rings is 1. The van der Waals surface area contributed by atoms with Crippen LogP contribution in [0.2, 0.25) is 0 Å². The van der Waals surface area contributed by atoms with Crippen molar-refractivity contribution < 1.29 is 4.52 Å². The van der Waals surface area contributed by atoms with Crippen LogP contribution in [-0.4, -0.2) is 42.9 Å². The number of rotatable bonds is 6. The second-order valence-corrected chi connectivity index (χ2v) is 6.63. The second kappa shape index (κ2) is 7.57. The van der Waals surface area contributed by atoms with Gasteiger partial charge in [0.25, 0.3) is 0 Å². The van der Waals surface area contributed by atoms with Gasteiger partial charge in [0.2, 0.25) is 5.89 Å². The molecular formula is C18H22N6O. The molecule has 3 aromatic rings. The van der Waals surface area contributed by atoms with E-state index in [9.17, 15) is 0 Å². The van der Waals surface area contributed by atoms with Crippen LogP contribution in [0, 0.1) is 5.92 Å². The van der Waals surface area contributed by atoms with E-state index in [1.54, 1.807) is 12.7 Å². The zero-order chi connectivity index (χ0) is 16.9. The van der Waals surface area contributed by atoms with E-state index < -0.39 is 0 Å². The van der Waals surface area contributed by atoms with Crippen LogP contribution >= 0.6 is 0 Å². The topological polar surface area (TPSA) is 72.9 Å². The smallest absolute Gasteiger partial charge is 0.240 e. The number of hydrogen-bond acceptors (Lipinski definition) is 6. The molecule has 0 amide bonds. The molecule has 0 unspecified atom stereocenters. The van der Waals surface area contributed by atoms with Gasteiger partial charge in [-0.05, 0) is 30.9 Å². The largest absolute Gasteiger partial charge is 0.338 e. The summed E-state index contributed by atoms with van der Waals surface area (Å²) in [6.45, 7) is 3.73. The Hall–Kier alpha value is -2.54. The first kappa shape index (κ1) is 16.0. The van der Waals surface area contributed by atoms with Crippen molar-refractivity contribution >= 4 is 0 Å². The van der Waals surface area contributed by atoms with Crippen molar-refractivity contribution in [3.63, 3.8) is 0 Å². The van der Waals surface area contributed by atoms with Crippen LogP contribution in [0.15, 0.2) is 47.5 Å². The third-order valence-corrected chi connectivity index (χ3v) is 4.59. The molecule has 0 bridgehead atoms. The van der Waals surface area contributed by atoms with Crippen LogP contribution < -0.4 is 0 Å². The molecule has 1 atom stereocenters. The number of piperidine rings is 1. The highest BCUT2D eigenvalue weighted by Crippen LogP contribution is 2.19. The lowest BCUT2D eigenvalue weighted by Crippen LogP contribution is -2.36. The molecule has 0 N–H and O–H groups in total. The highest BCUT2D eigenvalue weighted by molar-refractivity contribution is 5.18. The Morgan fingerprint density at radius 1 is 1.20 bits per heavy atom. The van der Waals surface area contributed by atoms with Crippen LogP contribution in [0.1, 0.15) is 30.1 Å². The molecule has 7 nitrogen and oxygen atoms in total. The highest BCUT2D eigenvalue weighted by Gasteiger charge is 2.22. The maximum absolute atomic E-state index is 5.45. The summed E-state index contributed by atoms with van der Waals surface area (Å²) in [5, 5.41) is 8.33. The molecule has 1 aromatic carbocycles. The van der Waals surface area contributed by atoms with E-state index in [0.717, 1.165) is 32.0 Å². The zero-order valence-corrected chi connectivity index (χ0v) is 14.2. The molecule has 0 aliphatic carbocycles. The SMILES string of the molecule is c1ccc(Cc2noc(CN3CCC[C@@H](Cn4cncn4)C3)n2)cc1. The molecule has 25 heavy (non-hydrogen) atoms. The molecule has 0 saturated carbocycles. The molecule has 1 fully saturated rings. The summed E-state index contributed by atoms with van der Waals surface area (Å²) in [6, 6.07) is 10.2. The fraction of sp³-hybridized carbons (Fsp3) is 0.444. The maximum Gasteiger partial charge on any atom is 0.240 e. The molecule has 7 heteroatoms. The molecule has 3 heterocycles. The standard InChI is InChI=1S/C18H22N6O/c1-2-5-15(6-3-1)9-17-21-18(25-22-17)12-23-8-4-7-16(10-23)11-24-14-19-13-20-24/h1-3,5-6,13-14,16H,4,7-12H2/t16-/m1/s1. The van der Waals surface area contributed by atoms with Crippen LogP contribution in [0.25, 0.3) is 0 Å². The lowest BCUT2D eigenvalue weighted by molar-refractivity contribution is 0.138. The van der Waals surface area contributed by atoms with E-state index in [0.29, 0.717) is 18.2 Å². The van der Waals surface area contributed by atoms with Crippen molar-refractivity contribution in [1.82, 2.24) is 29.8 Å². The van der Waals surface area contributed by atoms with Gasteiger partial charge >= 0.3 is 0 Å². The van der Waals surface area contributed by atoms with Gasteiger partial charge in [0, 0.05) is 19.5 Å². The first-order valence-corrected chi connectivity index (χ1v) is 8.75. The highest BCUT2D eigenvalue weighted by atomic mass is 16.5. The number of aromatic nitrogens is 5. The van der Waals surface area contributed by atoms with E-state index in [1.807, 2.05) is 22.9 Å². The molecule has 1 saturated heterocycles. The van der Waals surface area contributed by atoms with Gasteiger partial charge in [0.05, 0.1) is 6.54 Å². The molecule has 1 aliphatic rings. The minimum Gasteiger partial charge on any atom is -0.338 e. The van der Waals surface area contributed by atoms with Crippen LogP contribution in [-0.2, 0) is 19.5 Å². The van der Waals surface area contributed by atoms with E-state index in [1.165, 1.54) is 18.4 Å². The van der Waals surface area contributed by atoms with Gasteiger partial charge in [-0.25, -0.2) is 4.98 Å². The quantitative estimate of drug-likeness (QED) is 0.686. The first-order valence-electron chi connectivity index (χ1n) is 8.75. The fourth-order valence-electron chi connectivity index (χ4n) is 3.43.